The number of aryl methyl sites for hydroxylation is 1. The molecule has 0 fully saturated rings. The first-order valence-electron chi connectivity index (χ1n) is 22.4. The molecule has 346 valence electrons. The van der Waals surface area contributed by atoms with E-state index in [1.54, 1.807) is 44.2 Å². The molecule has 15 nitrogen and oxygen atoms in total. The van der Waals surface area contributed by atoms with E-state index < -0.39 is 41.5 Å². The average molecular weight is 897 g/mol. The van der Waals surface area contributed by atoms with E-state index in [0.29, 0.717) is 45.3 Å². The molecule has 15 heteroatoms. The molecule has 66 heavy (non-hydrogen) atoms. The van der Waals surface area contributed by atoms with E-state index in [9.17, 15) is 29.2 Å². The van der Waals surface area contributed by atoms with Crippen LogP contribution in [0.5, 0.6) is 11.5 Å². The molecule has 0 saturated heterocycles. The molecule has 4 atom stereocenters. The fraction of sp³-hybridized carbons (Fsp3) is 0.412. The fourth-order valence-electron chi connectivity index (χ4n) is 7.85. The van der Waals surface area contributed by atoms with Crippen molar-refractivity contribution in [2.24, 2.45) is 29.0 Å². The lowest BCUT2D eigenvalue weighted by molar-refractivity contribution is -0.142. The van der Waals surface area contributed by atoms with E-state index in [1.165, 1.54) is 18.1 Å². The van der Waals surface area contributed by atoms with E-state index in [0.717, 1.165) is 24.0 Å². The van der Waals surface area contributed by atoms with E-state index in [-0.39, 0.29) is 88.5 Å². The normalized spacial score (nSPS) is 16.4. The maximum absolute atomic E-state index is 14.7. The predicted molar refractivity (Wildman–Crippen MR) is 251 cm³/mol. The molecular weight excluding hydrogens is 837 g/mol. The molecule has 4 bridgehead atoms. The SMILES string of the molecule is CCCC#Cc1ccc(-c2ncc(C(=O)C[C@@H](CCN)C(=O)N(C)[C@@H]3C(=O)C[C@@H](C)C(=O)N[C@H](C(=O)CCC#N)Cc4ccc(OCCN)c(c4)-c4cc3ccc4OCCN)c(C)n2)cc1. The summed E-state index contributed by atoms with van der Waals surface area (Å²) >= 11 is 0. The fourth-order valence-corrected chi connectivity index (χ4v) is 7.85. The lowest BCUT2D eigenvalue weighted by Crippen LogP contribution is -2.46. The topological polar surface area (TPSA) is 247 Å². The third-order valence-electron chi connectivity index (χ3n) is 11.4. The molecule has 7 N–H and O–H groups in total. The van der Waals surface area contributed by atoms with Crippen LogP contribution in [0.1, 0.15) is 97.6 Å². The predicted octanol–water partition coefficient (Wildman–Crippen LogP) is 5.19. The first-order chi connectivity index (χ1) is 31.8. The van der Waals surface area contributed by atoms with Crippen LogP contribution >= 0.6 is 0 Å². The van der Waals surface area contributed by atoms with E-state index >= 15 is 0 Å². The molecule has 2 amide bonds. The molecule has 1 aliphatic rings. The molecule has 1 aromatic heterocycles. The maximum atomic E-state index is 14.7. The van der Waals surface area contributed by atoms with E-state index in [2.05, 4.69) is 34.0 Å². The van der Waals surface area contributed by atoms with Crippen molar-refractivity contribution in [1.82, 2.24) is 20.2 Å². The number of hydrogen-bond acceptors (Lipinski definition) is 13. The Morgan fingerprint density at radius 3 is 2.24 bits per heavy atom. The van der Waals surface area contributed by atoms with Gasteiger partial charge >= 0.3 is 0 Å². The van der Waals surface area contributed by atoms with Crippen molar-refractivity contribution in [2.45, 2.75) is 84.2 Å². The number of amides is 2. The highest BCUT2D eigenvalue weighted by molar-refractivity contribution is 6.00. The van der Waals surface area contributed by atoms with Gasteiger partial charge in [-0.3, -0.25) is 24.0 Å². The number of Topliss-reactive ketones (excluding diaryl/α,β-unsaturated/α-hetero) is 3. The Kier molecular flexibility index (Phi) is 18.6. The highest BCUT2D eigenvalue weighted by Crippen LogP contribution is 2.41. The minimum Gasteiger partial charge on any atom is -0.492 e. The number of nitrogens with two attached hydrogens (primary N) is 3. The minimum atomic E-state index is -1.24. The second-order valence-corrected chi connectivity index (χ2v) is 16.4. The van der Waals surface area contributed by atoms with Crippen molar-refractivity contribution >= 4 is 29.2 Å². The van der Waals surface area contributed by atoms with Crippen LogP contribution in [0.25, 0.3) is 22.5 Å². The Morgan fingerprint density at radius 2 is 1.61 bits per heavy atom. The molecule has 0 saturated carbocycles. The Balaban J connectivity index is 1.54. The number of unbranched alkanes of at least 4 members (excludes halogenated alkanes) is 1. The van der Waals surface area contributed by atoms with Gasteiger partial charge in [-0.1, -0.05) is 37.8 Å². The van der Waals surface area contributed by atoms with Crippen LogP contribution in [0, 0.1) is 41.9 Å². The van der Waals surface area contributed by atoms with Crippen LogP contribution in [0.3, 0.4) is 0 Å². The Morgan fingerprint density at radius 1 is 0.924 bits per heavy atom. The van der Waals surface area contributed by atoms with Crippen molar-refractivity contribution in [3.05, 3.63) is 94.8 Å². The largest absolute Gasteiger partial charge is 0.492 e. The van der Waals surface area contributed by atoms with Crippen molar-refractivity contribution in [2.75, 3.05) is 39.9 Å². The number of ether oxygens (including phenoxy) is 2. The van der Waals surface area contributed by atoms with Gasteiger partial charge in [0.1, 0.15) is 30.8 Å². The third kappa shape index (κ3) is 12.9. The number of aromatic nitrogens is 2. The summed E-state index contributed by atoms with van der Waals surface area (Å²) in [7, 11) is 1.50. The van der Waals surface area contributed by atoms with Crippen molar-refractivity contribution < 1.29 is 33.4 Å². The number of ketones is 3. The highest BCUT2D eigenvalue weighted by Gasteiger charge is 2.36. The zero-order chi connectivity index (χ0) is 47.8. The quantitative estimate of drug-likeness (QED) is 0.0743. The highest BCUT2D eigenvalue weighted by atomic mass is 16.5. The van der Waals surface area contributed by atoms with Crippen LogP contribution in [0.2, 0.25) is 0 Å². The van der Waals surface area contributed by atoms with Gasteiger partial charge in [-0.25, -0.2) is 9.97 Å². The van der Waals surface area contributed by atoms with Crippen LogP contribution in [-0.4, -0.2) is 90.0 Å². The number of nitrogens with zero attached hydrogens (tertiary/aromatic N) is 4. The van der Waals surface area contributed by atoms with Gasteiger partial charge in [-0.15, -0.1) is 0 Å². The first kappa shape index (κ1) is 50.2. The van der Waals surface area contributed by atoms with Crippen LogP contribution in [-0.2, 0) is 25.6 Å². The van der Waals surface area contributed by atoms with Gasteiger partial charge in [0, 0.05) is 92.5 Å². The average Bonchev–Trinajstić information content (AvgIpc) is 3.31. The summed E-state index contributed by atoms with van der Waals surface area (Å²) in [5, 5.41) is 12.1. The van der Waals surface area contributed by atoms with Gasteiger partial charge in [0.2, 0.25) is 11.8 Å². The summed E-state index contributed by atoms with van der Waals surface area (Å²) in [4.78, 5) is 81.2. The van der Waals surface area contributed by atoms with Gasteiger partial charge in [0.05, 0.1) is 23.4 Å². The van der Waals surface area contributed by atoms with Gasteiger partial charge in [-0.05, 0) is 92.4 Å². The van der Waals surface area contributed by atoms with E-state index in [4.69, 9.17) is 26.7 Å². The Labute approximate surface area is 386 Å². The number of carbonyl (C=O) groups excluding carboxylic acids is 5. The summed E-state index contributed by atoms with van der Waals surface area (Å²) in [6, 6.07) is 17.8. The van der Waals surface area contributed by atoms with Crippen molar-refractivity contribution in [3.63, 3.8) is 0 Å². The number of benzene rings is 3. The summed E-state index contributed by atoms with van der Waals surface area (Å²) in [6.07, 6.45) is 2.83. The van der Waals surface area contributed by atoms with Crippen LogP contribution in [0.15, 0.2) is 66.9 Å². The number of nitrogens with one attached hydrogen (secondary N) is 1. The summed E-state index contributed by atoms with van der Waals surface area (Å²) < 4.78 is 12.2. The Bertz CT molecular complexity index is 2490. The molecule has 0 aliphatic carbocycles. The molecule has 0 radical (unpaired) electrons. The Hall–Kier alpha value is -6.78. The molecule has 4 aromatic rings. The number of rotatable bonds is 18. The zero-order valence-electron chi connectivity index (χ0n) is 38.2. The molecule has 2 heterocycles. The van der Waals surface area contributed by atoms with E-state index in [1.807, 2.05) is 36.4 Å². The zero-order valence-corrected chi connectivity index (χ0v) is 38.2. The molecule has 0 spiro atoms. The minimum absolute atomic E-state index is 0.0334. The number of nitriles is 1. The standard InChI is InChI=1S/C51H60N8O7/c1-5-6-7-9-34-11-14-36(15-12-34)49-56-31-41(33(3)57-49)44(61)30-38(19-21-53)51(64)59(4)48-37-16-18-47(66-25-23-55)40(29-37)39-27-35(13-17-46(39)65-24-22-54)28-42(43(60)10-8-20-52)58-50(63)32(2)26-45(48)62/h11-18,27,29,31-32,38,42,48H,5-6,8,10,19,21-26,28,30,53-55H2,1-4H3,(H,58,63)/t32-,38-,42+,48+/m1/s1. The van der Waals surface area contributed by atoms with Gasteiger partial charge in [0.15, 0.2) is 23.2 Å². The summed E-state index contributed by atoms with van der Waals surface area (Å²) in [5.41, 5.74) is 22.2. The monoisotopic (exact) mass is 896 g/mol. The van der Waals surface area contributed by atoms with Crippen molar-refractivity contribution in [3.8, 4) is 51.9 Å². The van der Waals surface area contributed by atoms with Crippen LogP contribution < -0.4 is 32.0 Å². The lowest BCUT2D eigenvalue weighted by Gasteiger charge is -2.32. The molecule has 1 aliphatic heterocycles. The summed E-state index contributed by atoms with van der Waals surface area (Å²) in [5.74, 6) is 3.48. The molecular formula is C51H60N8O7. The smallest absolute Gasteiger partial charge is 0.226 e. The molecule has 3 aromatic carbocycles. The second kappa shape index (κ2) is 24.5. The van der Waals surface area contributed by atoms with Crippen molar-refractivity contribution in [1.29, 1.82) is 5.26 Å². The number of likely N-dealkylation sites (N-methyl/N-ethyl adjacent to an activating group) is 1. The summed E-state index contributed by atoms with van der Waals surface area (Å²) in [6.45, 7) is 6.21. The molecule has 0 unspecified atom stereocenters. The molecule has 5 rings (SSSR count). The number of hydrogen-bond donors (Lipinski definition) is 4. The first-order valence-corrected chi connectivity index (χ1v) is 22.4. The van der Waals surface area contributed by atoms with Gasteiger partial charge in [-0.2, -0.15) is 5.26 Å². The maximum Gasteiger partial charge on any atom is 0.226 e. The van der Waals surface area contributed by atoms with Gasteiger partial charge in [0.25, 0.3) is 0 Å². The second-order valence-electron chi connectivity index (χ2n) is 16.4. The van der Waals surface area contributed by atoms with Gasteiger partial charge < -0.3 is 36.9 Å². The van der Waals surface area contributed by atoms with Crippen LogP contribution in [0.4, 0.5) is 0 Å². The number of carbonyl (C=O) groups is 5. The lowest BCUT2D eigenvalue weighted by atomic mass is 9.88. The third-order valence-corrected chi connectivity index (χ3v) is 11.4. The number of fused-ring (bicyclic) bond motifs is 5.